The summed E-state index contributed by atoms with van der Waals surface area (Å²) in [6.45, 7) is 7.88. The van der Waals surface area contributed by atoms with Gasteiger partial charge in [-0.25, -0.2) is 0 Å². The van der Waals surface area contributed by atoms with Crippen LogP contribution < -0.4 is 5.32 Å². The highest BCUT2D eigenvalue weighted by atomic mass is 16.2. The molecule has 1 atom stereocenters. The van der Waals surface area contributed by atoms with Gasteiger partial charge in [-0.15, -0.1) is 0 Å². The molecule has 3 heteroatoms. The van der Waals surface area contributed by atoms with E-state index in [4.69, 9.17) is 0 Å². The lowest BCUT2D eigenvalue weighted by molar-refractivity contribution is -0.131. The van der Waals surface area contributed by atoms with Crippen molar-refractivity contribution < 1.29 is 4.79 Å². The van der Waals surface area contributed by atoms with Crippen molar-refractivity contribution in [1.82, 2.24) is 10.2 Å². The number of nitrogens with zero attached hydrogens (tertiary/aromatic N) is 1. The van der Waals surface area contributed by atoms with Gasteiger partial charge in [-0.05, 0) is 24.8 Å². The van der Waals surface area contributed by atoms with Crippen LogP contribution in [0.3, 0.4) is 0 Å². The molecule has 2 rings (SSSR count). The number of nitrogens with one attached hydrogen (secondary N) is 1. The van der Waals surface area contributed by atoms with Crippen molar-refractivity contribution in [1.29, 1.82) is 0 Å². The van der Waals surface area contributed by atoms with Crippen molar-refractivity contribution in [3.8, 4) is 0 Å². The molecule has 0 saturated carbocycles. The Morgan fingerprint density at radius 2 is 1.89 bits per heavy atom. The Labute approximate surface area is 116 Å². The summed E-state index contributed by atoms with van der Waals surface area (Å²) >= 11 is 0. The highest BCUT2D eigenvalue weighted by molar-refractivity contribution is 5.76. The Morgan fingerprint density at radius 1 is 1.26 bits per heavy atom. The second-order valence-electron chi connectivity index (χ2n) is 5.48. The van der Waals surface area contributed by atoms with Gasteiger partial charge >= 0.3 is 0 Å². The summed E-state index contributed by atoms with van der Waals surface area (Å²) in [6.07, 6.45) is 1.60. The smallest absolute Gasteiger partial charge is 0.222 e. The monoisotopic (exact) mass is 260 g/mol. The largest absolute Gasteiger partial charge is 0.340 e. The van der Waals surface area contributed by atoms with E-state index in [1.54, 1.807) is 0 Å². The number of hydrogen-bond acceptors (Lipinski definition) is 2. The fourth-order valence-corrected chi connectivity index (χ4v) is 2.47. The third-order valence-corrected chi connectivity index (χ3v) is 3.91. The summed E-state index contributed by atoms with van der Waals surface area (Å²) in [5, 5.41) is 3.27. The molecule has 1 aromatic rings. The van der Waals surface area contributed by atoms with Gasteiger partial charge in [-0.1, -0.05) is 36.8 Å². The molecule has 1 aromatic carbocycles. The molecule has 1 fully saturated rings. The third kappa shape index (κ3) is 4.06. The van der Waals surface area contributed by atoms with Gasteiger partial charge in [-0.2, -0.15) is 0 Å². The van der Waals surface area contributed by atoms with Crippen LogP contribution in [0.5, 0.6) is 0 Å². The lowest BCUT2D eigenvalue weighted by Gasteiger charge is -2.27. The van der Waals surface area contributed by atoms with Crippen LogP contribution >= 0.6 is 0 Å². The van der Waals surface area contributed by atoms with Crippen LogP contribution in [-0.4, -0.2) is 37.0 Å². The van der Waals surface area contributed by atoms with Crippen molar-refractivity contribution in [2.75, 3.05) is 26.2 Å². The lowest BCUT2D eigenvalue weighted by Crippen LogP contribution is -2.46. The van der Waals surface area contributed by atoms with E-state index in [1.165, 1.54) is 11.1 Å². The molecule has 1 heterocycles. The molecular weight excluding hydrogens is 236 g/mol. The first kappa shape index (κ1) is 14.1. The van der Waals surface area contributed by atoms with Gasteiger partial charge in [0.2, 0.25) is 5.91 Å². The van der Waals surface area contributed by atoms with E-state index in [0.717, 1.165) is 32.6 Å². The van der Waals surface area contributed by atoms with Crippen LogP contribution in [0.25, 0.3) is 0 Å². The zero-order valence-electron chi connectivity index (χ0n) is 12.0. The molecule has 1 aliphatic heterocycles. The molecule has 1 unspecified atom stereocenters. The van der Waals surface area contributed by atoms with E-state index in [-0.39, 0.29) is 0 Å². The maximum absolute atomic E-state index is 12.1. The SMILES string of the molecule is Cc1ccc(C(C)CCC(=O)N2CCNCC2)cc1. The van der Waals surface area contributed by atoms with Crippen molar-refractivity contribution >= 4 is 5.91 Å². The number of carbonyl (C=O) groups excluding carboxylic acids is 1. The number of piperazine rings is 1. The van der Waals surface area contributed by atoms with Crippen LogP contribution in [0.1, 0.15) is 36.8 Å². The maximum atomic E-state index is 12.1. The molecule has 19 heavy (non-hydrogen) atoms. The van der Waals surface area contributed by atoms with E-state index in [2.05, 4.69) is 43.4 Å². The van der Waals surface area contributed by atoms with Gasteiger partial charge in [0.25, 0.3) is 0 Å². The number of hydrogen-bond donors (Lipinski definition) is 1. The van der Waals surface area contributed by atoms with Gasteiger partial charge in [0, 0.05) is 32.6 Å². The standard InChI is InChI=1S/C16H24N2O/c1-13-3-6-15(7-4-13)14(2)5-8-16(19)18-11-9-17-10-12-18/h3-4,6-7,14,17H,5,8-12H2,1-2H3. The third-order valence-electron chi connectivity index (χ3n) is 3.91. The van der Waals surface area contributed by atoms with Crippen LogP contribution in [0, 0.1) is 6.92 Å². The highest BCUT2D eigenvalue weighted by Crippen LogP contribution is 2.21. The van der Waals surface area contributed by atoms with Crippen LogP contribution in [0.2, 0.25) is 0 Å². The molecule has 1 N–H and O–H groups in total. The zero-order chi connectivity index (χ0) is 13.7. The maximum Gasteiger partial charge on any atom is 0.222 e. The number of aryl methyl sites for hydroxylation is 1. The van der Waals surface area contributed by atoms with E-state index >= 15 is 0 Å². The Kier molecular flexibility index (Phi) is 4.97. The minimum atomic E-state index is 0.306. The minimum Gasteiger partial charge on any atom is -0.340 e. The molecule has 3 nitrogen and oxygen atoms in total. The molecule has 0 spiro atoms. The van der Waals surface area contributed by atoms with E-state index in [0.29, 0.717) is 18.2 Å². The number of carbonyl (C=O) groups is 1. The van der Waals surface area contributed by atoms with Gasteiger partial charge in [0.1, 0.15) is 0 Å². The van der Waals surface area contributed by atoms with Crippen molar-refractivity contribution in [3.05, 3.63) is 35.4 Å². The van der Waals surface area contributed by atoms with Crippen molar-refractivity contribution in [2.45, 2.75) is 32.6 Å². The molecule has 0 aliphatic carbocycles. The molecule has 104 valence electrons. The average Bonchev–Trinajstić information content (AvgIpc) is 2.46. The second-order valence-corrected chi connectivity index (χ2v) is 5.48. The van der Waals surface area contributed by atoms with Crippen molar-refractivity contribution in [2.24, 2.45) is 0 Å². The van der Waals surface area contributed by atoms with E-state index in [9.17, 15) is 4.79 Å². The summed E-state index contributed by atoms with van der Waals surface area (Å²) in [7, 11) is 0. The predicted molar refractivity (Wildman–Crippen MR) is 78.3 cm³/mol. The fraction of sp³-hybridized carbons (Fsp3) is 0.562. The molecule has 1 saturated heterocycles. The van der Waals surface area contributed by atoms with Crippen LogP contribution in [0.15, 0.2) is 24.3 Å². The zero-order valence-corrected chi connectivity index (χ0v) is 12.0. The molecule has 1 amide bonds. The topological polar surface area (TPSA) is 32.3 Å². The average molecular weight is 260 g/mol. The molecule has 0 aromatic heterocycles. The van der Waals surface area contributed by atoms with Crippen LogP contribution in [-0.2, 0) is 4.79 Å². The second kappa shape index (κ2) is 6.71. The van der Waals surface area contributed by atoms with Gasteiger partial charge < -0.3 is 10.2 Å². The minimum absolute atomic E-state index is 0.306. The Hall–Kier alpha value is -1.35. The Balaban J connectivity index is 1.80. The van der Waals surface area contributed by atoms with Gasteiger partial charge in [0.15, 0.2) is 0 Å². The molecular formula is C16H24N2O. The Morgan fingerprint density at radius 3 is 2.53 bits per heavy atom. The summed E-state index contributed by atoms with van der Waals surface area (Å²) < 4.78 is 0. The highest BCUT2D eigenvalue weighted by Gasteiger charge is 2.17. The summed E-state index contributed by atoms with van der Waals surface area (Å²) in [5.41, 5.74) is 2.62. The lowest BCUT2D eigenvalue weighted by atomic mass is 9.95. The van der Waals surface area contributed by atoms with E-state index in [1.807, 2.05) is 4.90 Å². The van der Waals surface area contributed by atoms with Crippen molar-refractivity contribution in [3.63, 3.8) is 0 Å². The van der Waals surface area contributed by atoms with Gasteiger partial charge in [0.05, 0.1) is 0 Å². The first-order valence-electron chi connectivity index (χ1n) is 7.22. The number of amides is 1. The number of benzene rings is 1. The quantitative estimate of drug-likeness (QED) is 0.901. The molecule has 1 aliphatic rings. The molecule has 0 bridgehead atoms. The number of rotatable bonds is 4. The Bertz CT molecular complexity index is 407. The summed E-state index contributed by atoms with van der Waals surface area (Å²) in [6, 6.07) is 8.64. The fourth-order valence-electron chi connectivity index (χ4n) is 2.47. The predicted octanol–water partition coefficient (Wildman–Crippen LogP) is 2.31. The van der Waals surface area contributed by atoms with Gasteiger partial charge in [-0.3, -0.25) is 4.79 Å². The normalized spacial score (nSPS) is 17.3. The first-order chi connectivity index (χ1) is 9.16. The molecule has 0 radical (unpaired) electrons. The summed E-state index contributed by atoms with van der Waals surface area (Å²) in [4.78, 5) is 14.1. The van der Waals surface area contributed by atoms with Crippen LogP contribution in [0.4, 0.5) is 0 Å². The first-order valence-corrected chi connectivity index (χ1v) is 7.22. The van der Waals surface area contributed by atoms with E-state index < -0.39 is 0 Å². The summed E-state index contributed by atoms with van der Waals surface area (Å²) in [5.74, 6) is 0.757.